The third kappa shape index (κ3) is 2.64. The lowest BCUT2D eigenvalue weighted by atomic mass is 10.0. The van der Waals surface area contributed by atoms with Gasteiger partial charge in [0.25, 0.3) is 0 Å². The standard InChI is InChI=1S/C16H16N4S/c1-9-4-5-12(8-10(9)2)14-7-6-13(11(3)17-14)15-18-16(21)20-19-15/h4-8H,1-3H3,(H2,18,19,20,21). The molecule has 0 aliphatic carbocycles. The van der Waals surface area contributed by atoms with E-state index in [1.807, 2.05) is 19.1 Å². The number of aromatic amines is 2. The summed E-state index contributed by atoms with van der Waals surface area (Å²) in [6, 6.07) is 10.4. The van der Waals surface area contributed by atoms with Crippen LogP contribution in [-0.2, 0) is 0 Å². The molecule has 106 valence electrons. The van der Waals surface area contributed by atoms with E-state index in [9.17, 15) is 0 Å². The normalized spacial score (nSPS) is 10.8. The molecule has 0 bridgehead atoms. The van der Waals surface area contributed by atoms with Crippen LogP contribution in [0.25, 0.3) is 22.6 Å². The van der Waals surface area contributed by atoms with Gasteiger partial charge >= 0.3 is 0 Å². The first-order valence-electron chi connectivity index (χ1n) is 6.75. The number of nitrogens with one attached hydrogen (secondary N) is 2. The van der Waals surface area contributed by atoms with E-state index < -0.39 is 0 Å². The molecule has 0 aliphatic heterocycles. The molecular weight excluding hydrogens is 280 g/mol. The summed E-state index contributed by atoms with van der Waals surface area (Å²) in [6.07, 6.45) is 0. The smallest absolute Gasteiger partial charge is 0.213 e. The van der Waals surface area contributed by atoms with Gasteiger partial charge in [-0.05, 0) is 62.3 Å². The minimum Gasteiger partial charge on any atom is -0.282 e. The summed E-state index contributed by atoms with van der Waals surface area (Å²) in [5, 5.41) is 5.76. The summed E-state index contributed by atoms with van der Waals surface area (Å²) >= 11 is 4.99. The van der Waals surface area contributed by atoms with Crippen molar-refractivity contribution in [2.75, 3.05) is 0 Å². The number of hydrogen-bond acceptors (Lipinski definition) is 3. The van der Waals surface area contributed by atoms with Gasteiger partial charge in [0.15, 0.2) is 5.82 Å². The van der Waals surface area contributed by atoms with Crippen LogP contribution in [0, 0.1) is 25.5 Å². The molecule has 0 unspecified atom stereocenters. The zero-order valence-corrected chi connectivity index (χ0v) is 13.0. The van der Waals surface area contributed by atoms with Crippen molar-refractivity contribution in [1.82, 2.24) is 20.2 Å². The molecule has 0 saturated carbocycles. The van der Waals surface area contributed by atoms with E-state index in [1.165, 1.54) is 11.1 Å². The lowest BCUT2D eigenvalue weighted by Crippen LogP contribution is -1.93. The third-order valence-corrected chi connectivity index (χ3v) is 3.84. The summed E-state index contributed by atoms with van der Waals surface area (Å²) in [7, 11) is 0. The van der Waals surface area contributed by atoms with E-state index in [2.05, 4.69) is 47.2 Å². The molecule has 0 saturated heterocycles. The number of aromatic nitrogens is 4. The lowest BCUT2D eigenvalue weighted by molar-refractivity contribution is 1.08. The first-order valence-corrected chi connectivity index (χ1v) is 7.16. The topological polar surface area (TPSA) is 57.4 Å². The zero-order valence-electron chi connectivity index (χ0n) is 12.2. The molecule has 4 nitrogen and oxygen atoms in total. The summed E-state index contributed by atoms with van der Waals surface area (Å²) < 4.78 is 0.447. The van der Waals surface area contributed by atoms with E-state index >= 15 is 0 Å². The number of H-pyrrole nitrogens is 2. The summed E-state index contributed by atoms with van der Waals surface area (Å²) in [6.45, 7) is 6.20. The molecule has 3 aromatic rings. The van der Waals surface area contributed by atoms with E-state index in [0.29, 0.717) is 4.77 Å². The number of aryl methyl sites for hydroxylation is 3. The zero-order chi connectivity index (χ0) is 15.0. The van der Waals surface area contributed by atoms with Gasteiger partial charge in [-0.2, -0.15) is 4.98 Å². The summed E-state index contributed by atoms with van der Waals surface area (Å²) in [4.78, 5) is 8.93. The van der Waals surface area contributed by atoms with Crippen molar-refractivity contribution in [3.63, 3.8) is 0 Å². The van der Waals surface area contributed by atoms with Gasteiger partial charge in [-0.1, -0.05) is 12.1 Å². The van der Waals surface area contributed by atoms with Gasteiger partial charge in [0, 0.05) is 16.8 Å². The fourth-order valence-corrected chi connectivity index (χ4v) is 2.41. The molecule has 5 heteroatoms. The fraction of sp³-hybridized carbons (Fsp3) is 0.188. The summed E-state index contributed by atoms with van der Waals surface area (Å²) in [5.74, 6) is 0.719. The van der Waals surface area contributed by atoms with Gasteiger partial charge in [0.1, 0.15) is 0 Å². The molecule has 2 aromatic heterocycles. The minimum absolute atomic E-state index is 0.447. The first-order chi connectivity index (χ1) is 10.0. The van der Waals surface area contributed by atoms with Crippen LogP contribution in [0.2, 0.25) is 0 Å². The van der Waals surface area contributed by atoms with Gasteiger partial charge in [-0.25, -0.2) is 0 Å². The number of rotatable bonds is 2. The number of nitrogens with zero attached hydrogens (tertiary/aromatic N) is 2. The molecule has 2 N–H and O–H groups in total. The van der Waals surface area contributed by atoms with Crippen LogP contribution < -0.4 is 0 Å². The Morgan fingerprint density at radius 1 is 0.905 bits per heavy atom. The third-order valence-electron chi connectivity index (χ3n) is 3.64. The Balaban J connectivity index is 2.04. The molecule has 0 atom stereocenters. The van der Waals surface area contributed by atoms with Crippen molar-refractivity contribution in [1.29, 1.82) is 0 Å². The van der Waals surface area contributed by atoms with Crippen LogP contribution >= 0.6 is 12.2 Å². The average Bonchev–Trinajstić information content (AvgIpc) is 2.88. The Bertz CT molecular complexity index is 861. The average molecular weight is 296 g/mol. The van der Waals surface area contributed by atoms with E-state index in [1.54, 1.807) is 0 Å². The number of benzene rings is 1. The van der Waals surface area contributed by atoms with E-state index in [0.717, 1.165) is 28.3 Å². The highest BCUT2D eigenvalue weighted by Gasteiger charge is 2.09. The van der Waals surface area contributed by atoms with Crippen molar-refractivity contribution in [2.24, 2.45) is 0 Å². The highest BCUT2D eigenvalue weighted by molar-refractivity contribution is 7.71. The van der Waals surface area contributed by atoms with Crippen LogP contribution in [0.15, 0.2) is 30.3 Å². The Kier molecular flexibility index (Phi) is 3.43. The second-order valence-corrected chi connectivity index (χ2v) is 5.53. The van der Waals surface area contributed by atoms with Gasteiger partial charge in [0.2, 0.25) is 4.77 Å². The molecule has 21 heavy (non-hydrogen) atoms. The summed E-state index contributed by atoms with van der Waals surface area (Å²) in [5.41, 5.74) is 6.53. The molecule has 0 aliphatic rings. The maximum absolute atomic E-state index is 4.99. The molecule has 0 spiro atoms. The second kappa shape index (κ2) is 5.26. The molecular formula is C16H16N4S. The molecule has 2 heterocycles. The molecule has 0 fully saturated rings. The fourth-order valence-electron chi connectivity index (χ4n) is 2.27. The molecule has 0 radical (unpaired) electrons. The van der Waals surface area contributed by atoms with Crippen LogP contribution in [-0.4, -0.2) is 20.2 Å². The van der Waals surface area contributed by atoms with E-state index in [-0.39, 0.29) is 0 Å². The molecule has 0 amide bonds. The Morgan fingerprint density at radius 3 is 2.33 bits per heavy atom. The Hall–Kier alpha value is -2.27. The maximum atomic E-state index is 4.99. The first kappa shape index (κ1) is 13.7. The van der Waals surface area contributed by atoms with Crippen LogP contribution in [0.3, 0.4) is 0 Å². The van der Waals surface area contributed by atoms with Crippen LogP contribution in [0.4, 0.5) is 0 Å². The lowest BCUT2D eigenvalue weighted by Gasteiger charge is -2.08. The predicted molar refractivity (Wildman–Crippen MR) is 86.7 cm³/mol. The van der Waals surface area contributed by atoms with Crippen molar-refractivity contribution >= 4 is 12.2 Å². The largest absolute Gasteiger partial charge is 0.282 e. The second-order valence-electron chi connectivity index (χ2n) is 5.14. The SMILES string of the molecule is Cc1ccc(-c2ccc(-c3nc(=S)[nH][nH]3)c(C)n2)cc1C. The quantitative estimate of drug-likeness (QED) is 0.699. The molecule has 1 aromatic carbocycles. The Labute approximate surface area is 128 Å². The van der Waals surface area contributed by atoms with Crippen LogP contribution in [0.5, 0.6) is 0 Å². The number of hydrogen-bond donors (Lipinski definition) is 2. The van der Waals surface area contributed by atoms with Crippen molar-refractivity contribution in [3.05, 3.63) is 51.9 Å². The number of pyridine rings is 1. The van der Waals surface area contributed by atoms with Crippen molar-refractivity contribution in [3.8, 4) is 22.6 Å². The maximum Gasteiger partial charge on any atom is 0.213 e. The predicted octanol–water partition coefficient (Wildman–Crippen LogP) is 4.12. The monoisotopic (exact) mass is 296 g/mol. The van der Waals surface area contributed by atoms with Gasteiger partial charge in [-0.3, -0.25) is 15.2 Å². The highest BCUT2D eigenvalue weighted by Crippen LogP contribution is 2.24. The van der Waals surface area contributed by atoms with Crippen molar-refractivity contribution < 1.29 is 0 Å². The van der Waals surface area contributed by atoms with Gasteiger partial charge in [0.05, 0.1) is 5.69 Å². The van der Waals surface area contributed by atoms with Gasteiger partial charge in [-0.15, -0.1) is 0 Å². The van der Waals surface area contributed by atoms with E-state index in [4.69, 9.17) is 17.2 Å². The Morgan fingerprint density at radius 2 is 1.71 bits per heavy atom. The van der Waals surface area contributed by atoms with Crippen LogP contribution in [0.1, 0.15) is 16.8 Å². The molecule has 3 rings (SSSR count). The minimum atomic E-state index is 0.447. The van der Waals surface area contributed by atoms with Crippen molar-refractivity contribution in [2.45, 2.75) is 20.8 Å². The van der Waals surface area contributed by atoms with Gasteiger partial charge < -0.3 is 0 Å². The highest BCUT2D eigenvalue weighted by atomic mass is 32.1.